The van der Waals surface area contributed by atoms with Gasteiger partial charge in [0.25, 0.3) is 0 Å². The lowest BCUT2D eigenvalue weighted by Gasteiger charge is -2.15. The van der Waals surface area contributed by atoms with Crippen LogP contribution >= 0.6 is 0 Å². The highest BCUT2D eigenvalue weighted by molar-refractivity contribution is 5.25. The van der Waals surface area contributed by atoms with Crippen molar-refractivity contribution in [3.05, 3.63) is 17.7 Å². The highest BCUT2D eigenvalue weighted by Crippen LogP contribution is 2.18. The first-order valence-corrected chi connectivity index (χ1v) is 7.73. The second kappa shape index (κ2) is 8.95. The lowest BCUT2D eigenvalue weighted by Crippen LogP contribution is -2.23. The molecule has 0 spiro atoms. The number of hydrogen-bond acceptors (Lipinski definition) is 5. The summed E-state index contributed by atoms with van der Waals surface area (Å²) >= 11 is 0. The Hall–Kier alpha value is -1.20. The van der Waals surface area contributed by atoms with Crippen LogP contribution < -0.4 is 10.1 Å². The van der Waals surface area contributed by atoms with Gasteiger partial charge in [0.05, 0.1) is 24.6 Å². The molecule has 1 aromatic rings. The van der Waals surface area contributed by atoms with Crippen LogP contribution in [0.5, 0.6) is 5.75 Å². The summed E-state index contributed by atoms with van der Waals surface area (Å²) in [7, 11) is 0. The molecule has 0 aliphatic rings. The Morgan fingerprint density at radius 2 is 1.81 bits per heavy atom. The molecule has 0 radical (unpaired) electrons. The lowest BCUT2D eigenvalue weighted by molar-refractivity contribution is 0.0548. The largest absolute Gasteiger partial charge is 0.488 e. The third-order valence-corrected chi connectivity index (χ3v) is 2.83. The van der Waals surface area contributed by atoms with Gasteiger partial charge in [-0.15, -0.1) is 0 Å². The van der Waals surface area contributed by atoms with E-state index in [9.17, 15) is 0 Å². The van der Waals surface area contributed by atoms with Gasteiger partial charge >= 0.3 is 0 Å². The summed E-state index contributed by atoms with van der Waals surface area (Å²) in [5.74, 6) is 1.89. The van der Waals surface area contributed by atoms with Crippen LogP contribution in [-0.4, -0.2) is 35.3 Å². The third kappa shape index (κ3) is 6.87. The first-order chi connectivity index (χ1) is 9.90. The summed E-state index contributed by atoms with van der Waals surface area (Å²) in [5, 5.41) is 3.38. The van der Waals surface area contributed by atoms with E-state index in [1.807, 2.05) is 13.8 Å². The zero-order chi connectivity index (χ0) is 15.8. The van der Waals surface area contributed by atoms with E-state index in [2.05, 4.69) is 43.0 Å². The van der Waals surface area contributed by atoms with Crippen LogP contribution in [0.15, 0.2) is 6.20 Å². The third-order valence-electron chi connectivity index (χ3n) is 2.83. The minimum atomic E-state index is 0.218. The van der Waals surface area contributed by atoms with Crippen LogP contribution in [-0.2, 0) is 11.3 Å². The number of rotatable bonds is 9. The second-order valence-corrected chi connectivity index (χ2v) is 6.00. The van der Waals surface area contributed by atoms with Gasteiger partial charge in [0.1, 0.15) is 12.4 Å². The molecule has 0 bridgehead atoms. The Morgan fingerprint density at radius 1 is 1.10 bits per heavy atom. The number of hydrogen-bond donors (Lipinski definition) is 1. The van der Waals surface area contributed by atoms with Crippen molar-refractivity contribution in [2.75, 3.05) is 13.2 Å². The van der Waals surface area contributed by atoms with E-state index >= 15 is 0 Å². The summed E-state index contributed by atoms with van der Waals surface area (Å²) in [6.07, 6.45) is 1.99. The Bertz CT molecular complexity index is 420. The molecule has 120 valence electrons. The smallest absolute Gasteiger partial charge is 0.160 e. The van der Waals surface area contributed by atoms with E-state index in [1.54, 1.807) is 6.20 Å². The zero-order valence-corrected chi connectivity index (χ0v) is 14.1. The maximum Gasteiger partial charge on any atom is 0.160 e. The second-order valence-electron chi connectivity index (χ2n) is 6.00. The Morgan fingerprint density at radius 3 is 2.38 bits per heavy atom. The molecule has 21 heavy (non-hydrogen) atoms. The number of nitrogens with zero attached hydrogens (tertiary/aromatic N) is 2. The molecular weight excluding hydrogens is 266 g/mol. The first-order valence-electron chi connectivity index (χ1n) is 7.73. The van der Waals surface area contributed by atoms with Gasteiger partial charge in [-0.2, -0.15) is 0 Å². The normalized spacial score (nSPS) is 11.7. The zero-order valence-electron chi connectivity index (χ0n) is 14.1. The summed E-state index contributed by atoms with van der Waals surface area (Å²) in [5.41, 5.74) is 0.909. The average Bonchev–Trinajstić information content (AvgIpc) is 2.41. The van der Waals surface area contributed by atoms with Crippen molar-refractivity contribution in [1.29, 1.82) is 0 Å². The number of ether oxygens (including phenoxy) is 2. The quantitative estimate of drug-likeness (QED) is 0.710. The van der Waals surface area contributed by atoms with Gasteiger partial charge in [-0.1, -0.05) is 27.7 Å². The molecule has 1 N–H and O–H groups in total. The van der Waals surface area contributed by atoms with Crippen LogP contribution in [0.4, 0.5) is 0 Å². The van der Waals surface area contributed by atoms with Crippen LogP contribution in [0.2, 0.25) is 0 Å². The standard InChI is InChI=1S/C16H29N3O2/c1-11(2)16-18-10-15(21-8-7-20-13(5)6)14(19-16)9-17-12(3)4/h10-13,17H,7-9H2,1-6H3. The molecule has 0 aliphatic carbocycles. The van der Waals surface area contributed by atoms with Crippen molar-refractivity contribution < 1.29 is 9.47 Å². The monoisotopic (exact) mass is 295 g/mol. The van der Waals surface area contributed by atoms with Crippen molar-refractivity contribution in [3.8, 4) is 5.75 Å². The van der Waals surface area contributed by atoms with Crippen molar-refractivity contribution >= 4 is 0 Å². The molecule has 1 aromatic heterocycles. The molecule has 0 aromatic carbocycles. The topological polar surface area (TPSA) is 56.3 Å². The number of aromatic nitrogens is 2. The summed E-state index contributed by atoms with van der Waals surface area (Å²) in [4.78, 5) is 8.99. The molecule has 5 heteroatoms. The molecule has 0 atom stereocenters. The molecule has 1 heterocycles. The molecular formula is C16H29N3O2. The van der Waals surface area contributed by atoms with Crippen LogP contribution in [0, 0.1) is 0 Å². The Balaban J connectivity index is 2.70. The molecule has 1 rings (SSSR count). The van der Waals surface area contributed by atoms with Crippen LogP contribution in [0.1, 0.15) is 59.0 Å². The van der Waals surface area contributed by atoms with Crippen LogP contribution in [0.25, 0.3) is 0 Å². The average molecular weight is 295 g/mol. The number of nitrogens with one attached hydrogen (secondary N) is 1. The van der Waals surface area contributed by atoms with E-state index in [0.29, 0.717) is 31.7 Å². The van der Waals surface area contributed by atoms with Gasteiger partial charge in [0, 0.05) is 18.5 Å². The fraction of sp³-hybridized carbons (Fsp3) is 0.750. The van der Waals surface area contributed by atoms with E-state index in [1.165, 1.54) is 0 Å². The van der Waals surface area contributed by atoms with E-state index in [0.717, 1.165) is 17.3 Å². The van der Waals surface area contributed by atoms with Gasteiger partial charge in [-0.25, -0.2) is 9.97 Å². The van der Waals surface area contributed by atoms with Gasteiger partial charge in [0.2, 0.25) is 0 Å². The van der Waals surface area contributed by atoms with Gasteiger partial charge in [-0.3, -0.25) is 0 Å². The highest BCUT2D eigenvalue weighted by atomic mass is 16.5. The van der Waals surface area contributed by atoms with Gasteiger partial charge < -0.3 is 14.8 Å². The molecule has 0 amide bonds. The predicted molar refractivity (Wildman–Crippen MR) is 84.7 cm³/mol. The highest BCUT2D eigenvalue weighted by Gasteiger charge is 2.11. The molecule has 0 unspecified atom stereocenters. The maximum absolute atomic E-state index is 5.76. The van der Waals surface area contributed by atoms with E-state index in [-0.39, 0.29) is 6.10 Å². The molecule has 5 nitrogen and oxygen atoms in total. The minimum absolute atomic E-state index is 0.218. The predicted octanol–water partition coefficient (Wildman–Crippen LogP) is 2.90. The Kier molecular flexibility index (Phi) is 7.61. The maximum atomic E-state index is 5.76. The first kappa shape index (κ1) is 17.9. The fourth-order valence-corrected chi connectivity index (χ4v) is 1.68. The molecule has 0 aliphatic heterocycles. The van der Waals surface area contributed by atoms with Gasteiger partial charge in [-0.05, 0) is 13.8 Å². The molecule has 0 saturated heterocycles. The summed E-state index contributed by atoms with van der Waals surface area (Å²) < 4.78 is 11.2. The van der Waals surface area contributed by atoms with Crippen LogP contribution in [0.3, 0.4) is 0 Å². The minimum Gasteiger partial charge on any atom is -0.488 e. The van der Waals surface area contributed by atoms with Crippen molar-refractivity contribution in [1.82, 2.24) is 15.3 Å². The van der Waals surface area contributed by atoms with Crippen molar-refractivity contribution in [2.24, 2.45) is 0 Å². The Labute approximate surface area is 128 Å². The lowest BCUT2D eigenvalue weighted by atomic mass is 10.2. The van der Waals surface area contributed by atoms with E-state index in [4.69, 9.17) is 9.47 Å². The van der Waals surface area contributed by atoms with Crippen molar-refractivity contribution in [3.63, 3.8) is 0 Å². The SMILES string of the molecule is CC(C)NCc1nc(C(C)C)ncc1OCCOC(C)C. The molecule has 0 fully saturated rings. The summed E-state index contributed by atoms with van der Waals surface area (Å²) in [6.45, 7) is 14.2. The van der Waals surface area contributed by atoms with Gasteiger partial charge in [0.15, 0.2) is 5.75 Å². The fourth-order valence-electron chi connectivity index (χ4n) is 1.68. The van der Waals surface area contributed by atoms with E-state index < -0.39 is 0 Å². The molecule has 0 saturated carbocycles. The van der Waals surface area contributed by atoms with Crippen molar-refractivity contribution in [2.45, 2.75) is 66.2 Å². The summed E-state index contributed by atoms with van der Waals surface area (Å²) in [6, 6.07) is 0.402.